The molecule has 1 aliphatic heterocycles. The number of rotatable bonds is 5. The van der Waals surface area contributed by atoms with Crippen LogP contribution in [-0.2, 0) is 6.42 Å². The van der Waals surface area contributed by atoms with Gasteiger partial charge in [0.25, 0.3) is 0 Å². The van der Waals surface area contributed by atoms with Crippen LogP contribution in [0.4, 0.5) is 16.2 Å². The maximum atomic E-state index is 12.6. The van der Waals surface area contributed by atoms with Crippen molar-refractivity contribution in [3.8, 4) is 23.1 Å². The van der Waals surface area contributed by atoms with E-state index in [1.807, 2.05) is 65.0 Å². The quantitative estimate of drug-likeness (QED) is 0.472. The number of carbonyl (C=O) groups excluding carboxylic acids is 1. The lowest BCUT2D eigenvalue weighted by Crippen LogP contribution is -2.24. The summed E-state index contributed by atoms with van der Waals surface area (Å²) in [6.07, 6.45) is 2.41. The first-order valence-electron chi connectivity index (χ1n) is 10.9. The molecular weight excluding hydrogens is 418 g/mol. The van der Waals surface area contributed by atoms with Gasteiger partial charge in [0.2, 0.25) is 5.88 Å². The summed E-state index contributed by atoms with van der Waals surface area (Å²) in [5, 5.41) is 5.62. The fourth-order valence-electron chi connectivity index (χ4n) is 3.58. The van der Waals surface area contributed by atoms with Crippen molar-refractivity contribution in [2.75, 3.05) is 10.6 Å². The van der Waals surface area contributed by atoms with Gasteiger partial charge in [0, 0.05) is 23.9 Å². The van der Waals surface area contributed by atoms with Crippen molar-refractivity contribution in [3.63, 3.8) is 0 Å². The highest BCUT2D eigenvalue weighted by Crippen LogP contribution is 2.43. The molecule has 1 aliphatic rings. The van der Waals surface area contributed by atoms with E-state index in [1.165, 1.54) is 0 Å². The molecular formula is C26H29N3O4. The van der Waals surface area contributed by atoms with E-state index in [-0.39, 0.29) is 17.1 Å². The number of urea groups is 1. The minimum absolute atomic E-state index is 0.281. The number of ether oxygens (including phenoxy) is 3. The van der Waals surface area contributed by atoms with Gasteiger partial charge in [0.15, 0.2) is 11.5 Å². The predicted octanol–water partition coefficient (Wildman–Crippen LogP) is 6.41. The van der Waals surface area contributed by atoms with Crippen LogP contribution in [-0.4, -0.2) is 22.2 Å². The second-order valence-corrected chi connectivity index (χ2v) is 9.56. The Kier molecular flexibility index (Phi) is 5.89. The van der Waals surface area contributed by atoms with Crippen molar-refractivity contribution in [1.82, 2.24) is 4.98 Å². The number of hydrogen-bond donors (Lipinski definition) is 2. The first kappa shape index (κ1) is 22.5. The van der Waals surface area contributed by atoms with Crippen molar-refractivity contribution in [2.24, 2.45) is 0 Å². The van der Waals surface area contributed by atoms with Gasteiger partial charge in [0.05, 0.1) is 0 Å². The monoisotopic (exact) mass is 447 g/mol. The molecule has 0 bridgehead atoms. The molecule has 2 heterocycles. The molecule has 33 heavy (non-hydrogen) atoms. The summed E-state index contributed by atoms with van der Waals surface area (Å²) >= 11 is 0. The van der Waals surface area contributed by atoms with E-state index >= 15 is 0 Å². The summed E-state index contributed by atoms with van der Waals surface area (Å²) in [6.45, 7) is 10.0. The van der Waals surface area contributed by atoms with E-state index < -0.39 is 6.03 Å². The van der Waals surface area contributed by atoms with Gasteiger partial charge in [-0.2, -0.15) is 0 Å². The first-order valence-corrected chi connectivity index (χ1v) is 10.9. The Morgan fingerprint density at radius 1 is 1.03 bits per heavy atom. The molecule has 0 unspecified atom stereocenters. The van der Waals surface area contributed by atoms with Gasteiger partial charge in [-0.3, -0.25) is 0 Å². The molecule has 172 valence electrons. The van der Waals surface area contributed by atoms with Gasteiger partial charge in [-0.1, -0.05) is 12.1 Å². The molecule has 2 amide bonds. The van der Waals surface area contributed by atoms with Gasteiger partial charge in [-0.25, -0.2) is 9.78 Å². The third kappa shape index (κ3) is 5.74. The fraction of sp³-hybridized carbons (Fsp3) is 0.308. The van der Waals surface area contributed by atoms with Crippen LogP contribution in [0.3, 0.4) is 0 Å². The Morgan fingerprint density at radius 2 is 1.79 bits per heavy atom. The Hall–Kier alpha value is -3.74. The molecule has 4 rings (SSSR count). The number of para-hydroxylation sites is 1. The summed E-state index contributed by atoms with van der Waals surface area (Å²) in [6, 6.07) is 16.0. The molecule has 0 fully saturated rings. The number of nitrogens with zero attached hydrogens (tertiary/aromatic N) is 1. The zero-order valence-electron chi connectivity index (χ0n) is 19.6. The Bertz CT molecular complexity index is 1150. The van der Waals surface area contributed by atoms with Crippen LogP contribution in [0.5, 0.6) is 23.1 Å². The summed E-state index contributed by atoms with van der Waals surface area (Å²) in [5.74, 6) is 2.29. The molecule has 3 aromatic rings. The summed E-state index contributed by atoms with van der Waals surface area (Å²) < 4.78 is 17.9. The molecule has 7 heteroatoms. The number of benzene rings is 2. The van der Waals surface area contributed by atoms with Gasteiger partial charge in [-0.15, -0.1) is 0 Å². The maximum Gasteiger partial charge on any atom is 0.323 e. The van der Waals surface area contributed by atoms with E-state index in [1.54, 1.807) is 30.5 Å². The summed E-state index contributed by atoms with van der Waals surface area (Å²) in [7, 11) is 0. The number of carbonyl (C=O) groups is 1. The average Bonchev–Trinajstić information content (AvgIpc) is 3.05. The third-order valence-corrected chi connectivity index (χ3v) is 4.82. The van der Waals surface area contributed by atoms with Crippen LogP contribution < -0.4 is 24.8 Å². The molecule has 7 nitrogen and oxygen atoms in total. The lowest BCUT2D eigenvalue weighted by molar-refractivity contribution is 0.131. The van der Waals surface area contributed by atoms with Crippen LogP contribution in [0.1, 0.15) is 40.2 Å². The van der Waals surface area contributed by atoms with Crippen molar-refractivity contribution in [2.45, 2.75) is 52.2 Å². The van der Waals surface area contributed by atoms with E-state index in [4.69, 9.17) is 14.2 Å². The molecule has 2 aromatic carbocycles. The maximum absolute atomic E-state index is 12.6. The number of aromatic nitrogens is 1. The van der Waals surface area contributed by atoms with Crippen LogP contribution in [0.2, 0.25) is 0 Å². The molecule has 0 radical (unpaired) electrons. The standard InChI is InChI=1S/C26H29N3O4/c1-25(2,3)32-19-13-11-18(12-14-19)28-24(30)29-20-9-7-15-27-23(20)31-21-10-6-8-17-16-26(4,5)33-22(17)21/h6-15H,16H2,1-5H3,(H2,28,29,30). The second kappa shape index (κ2) is 8.65. The highest BCUT2D eigenvalue weighted by atomic mass is 16.5. The van der Waals surface area contributed by atoms with E-state index in [2.05, 4.69) is 15.6 Å². The van der Waals surface area contributed by atoms with E-state index in [9.17, 15) is 4.79 Å². The Balaban J connectivity index is 1.45. The molecule has 2 N–H and O–H groups in total. The number of pyridine rings is 1. The van der Waals surface area contributed by atoms with E-state index in [0.717, 1.165) is 17.7 Å². The van der Waals surface area contributed by atoms with Crippen LogP contribution in [0.15, 0.2) is 60.8 Å². The minimum Gasteiger partial charge on any atom is -0.488 e. The van der Waals surface area contributed by atoms with Gasteiger partial charge < -0.3 is 24.8 Å². The molecule has 0 saturated heterocycles. The number of hydrogen-bond acceptors (Lipinski definition) is 5. The number of amides is 2. The van der Waals surface area contributed by atoms with Crippen LogP contribution >= 0.6 is 0 Å². The lowest BCUT2D eigenvalue weighted by Gasteiger charge is -2.21. The highest BCUT2D eigenvalue weighted by molar-refractivity contribution is 6.00. The second-order valence-electron chi connectivity index (χ2n) is 9.56. The zero-order valence-corrected chi connectivity index (χ0v) is 19.6. The van der Waals surface area contributed by atoms with Crippen molar-refractivity contribution < 1.29 is 19.0 Å². The highest BCUT2D eigenvalue weighted by Gasteiger charge is 2.32. The average molecular weight is 448 g/mol. The smallest absolute Gasteiger partial charge is 0.323 e. The predicted molar refractivity (Wildman–Crippen MR) is 129 cm³/mol. The third-order valence-electron chi connectivity index (χ3n) is 4.82. The van der Waals surface area contributed by atoms with Gasteiger partial charge in [0.1, 0.15) is 22.6 Å². The largest absolute Gasteiger partial charge is 0.488 e. The summed E-state index contributed by atoms with van der Waals surface area (Å²) in [5.41, 5.74) is 1.58. The SMILES string of the molecule is CC(C)(C)Oc1ccc(NC(=O)Nc2cccnc2Oc2cccc3c2OC(C)(C)C3)cc1. The number of nitrogens with one attached hydrogen (secondary N) is 2. The normalized spacial score (nSPS) is 14.1. The zero-order chi connectivity index (χ0) is 23.6. The fourth-order valence-corrected chi connectivity index (χ4v) is 3.58. The van der Waals surface area contributed by atoms with Crippen molar-refractivity contribution >= 4 is 17.4 Å². The number of fused-ring (bicyclic) bond motifs is 1. The van der Waals surface area contributed by atoms with Gasteiger partial charge in [-0.05, 0) is 77.1 Å². The topological polar surface area (TPSA) is 81.7 Å². The molecule has 0 saturated carbocycles. The first-order chi connectivity index (χ1) is 15.6. The Labute approximate surface area is 194 Å². The summed E-state index contributed by atoms with van der Waals surface area (Å²) in [4.78, 5) is 16.9. The molecule has 0 spiro atoms. The van der Waals surface area contributed by atoms with E-state index in [0.29, 0.717) is 22.9 Å². The lowest BCUT2D eigenvalue weighted by atomic mass is 10.0. The Morgan fingerprint density at radius 3 is 2.52 bits per heavy atom. The van der Waals surface area contributed by atoms with Crippen molar-refractivity contribution in [3.05, 3.63) is 66.4 Å². The molecule has 1 aromatic heterocycles. The minimum atomic E-state index is -0.409. The van der Waals surface area contributed by atoms with Gasteiger partial charge >= 0.3 is 6.03 Å². The van der Waals surface area contributed by atoms with Crippen LogP contribution in [0.25, 0.3) is 0 Å². The molecule has 0 atom stereocenters. The van der Waals surface area contributed by atoms with Crippen LogP contribution in [0, 0.1) is 0 Å². The molecule has 0 aliphatic carbocycles. The number of anilines is 2. The van der Waals surface area contributed by atoms with Crippen molar-refractivity contribution in [1.29, 1.82) is 0 Å².